The van der Waals surface area contributed by atoms with Gasteiger partial charge in [0.05, 0.1) is 20.3 Å². The average Bonchev–Trinajstić information content (AvgIpc) is 2.87. The molecule has 0 bridgehead atoms. The summed E-state index contributed by atoms with van der Waals surface area (Å²) in [7, 11) is 1.63. The summed E-state index contributed by atoms with van der Waals surface area (Å²) in [6, 6.07) is 5.86. The zero-order chi connectivity index (χ0) is 14.4. The number of nitrogens with one attached hydrogen (secondary N) is 1. The first-order chi connectivity index (χ1) is 9.67. The van der Waals surface area contributed by atoms with Gasteiger partial charge in [0.1, 0.15) is 5.60 Å². The van der Waals surface area contributed by atoms with E-state index in [-0.39, 0.29) is 0 Å². The Morgan fingerprint density at radius 1 is 1.40 bits per heavy atom. The minimum Gasteiger partial charge on any atom is -0.493 e. The lowest BCUT2D eigenvalue weighted by Crippen LogP contribution is -2.40. The maximum absolute atomic E-state index is 10.2. The third-order valence-electron chi connectivity index (χ3n) is 3.39. The van der Waals surface area contributed by atoms with Gasteiger partial charge in [-0.1, -0.05) is 6.07 Å². The van der Waals surface area contributed by atoms with Gasteiger partial charge in [0.2, 0.25) is 0 Å². The van der Waals surface area contributed by atoms with E-state index in [9.17, 15) is 5.11 Å². The first-order valence-corrected chi connectivity index (χ1v) is 6.97. The van der Waals surface area contributed by atoms with Crippen molar-refractivity contribution in [2.75, 3.05) is 33.5 Å². The molecule has 1 aliphatic rings. The highest BCUT2D eigenvalue weighted by atomic mass is 16.5. The molecular formula is C15H23NO4. The second-order valence-electron chi connectivity index (χ2n) is 5.05. The Bertz CT molecular complexity index is 430. The summed E-state index contributed by atoms with van der Waals surface area (Å²) in [5.41, 5.74) is 0.364. The van der Waals surface area contributed by atoms with Gasteiger partial charge >= 0.3 is 0 Å². The third kappa shape index (κ3) is 3.85. The van der Waals surface area contributed by atoms with Crippen LogP contribution in [0.2, 0.25) is 0 Å². The van der Waals surface area contributed by atoms with Crippen LogP contribution < -0.4 is 14.8 Å². The predicted molar refractivity (Wildman–Crippen MR) is 76.3 cm³/mol. The molecule has 0 aliphatic carbocycles. The topological polar surface area (TPSA) is 60.0 Å². The molecule has 0 radical (unpaired) electrons. The van der Waals surface area contributed by atoms with Crippen LogP contribution in [-0.4, -0.2) is 44.2 Å². The molecule has 0 aromatic heterocycles. The smallest absolute Gasteiger partial charge is 0.161 e. The summed E-state index contributed by atoms with van der Waals surface area (Å²) in [6.07, 6.45) is 0.687. The van der Waals surface area contributed by atoms with E-state index in [4.69, 9.17) is 14.2 Å². The van der Waals surface area contributed by atoms with Gasteiger partial charge in [0.15, 0.2) is 11.5 Å². The lowest BCUT2D eigenvalue weighted by molar-refractivity contribution is 0.0268. The van der Waals surface area contributed by atoms with Crippen LogP contribution in [0, 0.1) is 0 Å². The third-order valence-corrected chi connectivity index (χ3v) is 3.39. The van der Waals surface area contributed by atoms with E-state index in [0.717, 1.165) is 17.1 Å². The van der Waals surface area contributed by atoms with Crippen molar-refractivity contribution in [3.63, 3.8) is 0 Å². The van der Waals surface area contributed by atoms with Gasteiger partial charge in [-0.2, -0.15) is 0 Å². The second kappa shape index (κ2) is 6.92. The van der Waals surface area contributed by atoms with Crippen LogP contribution in [0.5, 0.6) is 11.5 Å². The fourth-order valence-corrected chi connectivity index (χ4v) is 2.27. The van der Waals surface area contributed by atoms with Crippen LogP contribution in [0.25, 0.3) is 0 Å². The number of hydrogen-bond acceptors (Lipinski definition) is 5. The Morgan fingerprint density at radius 2 is 2.25 bits per heavy atom. The van der Waals surface area contributed by atoms with Crippen molar-refractivity contribution in [3.8, 4) is 11.5 Å². The fraction of sp³-hybridized carbons (Fsp3) is 0.600. The summed E-state index contributed by atoms with van der Waals surface area (Å²) in [4.78, 5) is 0. The van der Waals surface area contributed by atoms with E-state index >= 15 is 0 Å². The van der Waals surface area contributed by atoms with Gasteiger partial charge < -0.3 is 24.6 Å². The molecule has 20 heavy (non-hydrogen) atoms. The Balaban J connectivity index is 1.89. The lowest BCUT2D eigenvalue weighted by atomic mass is 10.0. The summed E-state index contributed by atoms with van der Waals surface area (Å²) in [5, 5.41) is 13.4. The lowest BCUT2D eigenvalue weighted by Gasteiger charge is -2.21. The molecule has 0 spiro atoms. The molecule has 1 fully saturated rings. The van der Waals surface area contributed by atoms with Gasteiger partial charge in [-0.15, -0.1) is 0 Å². The standard InChI is InChI=1S/C15H23NO4/c1-3-20-13-5-4-12(8-14(13)18-2)9-16-10-15(17)6-7-19-11-15/h4-5,8,16-17H,3,6-7,9-11H2,1-2H3. The summed E-state index contributed by atoms with van der Waals surface area (Å²) in [6.45, 7) is 4.80. The molecule has 1 aromatic rings. The first-order valence-electron chi connectivity index (χ1n) is 6.97. The van der Waals surface area contributed by atoms with E-state index in [1.54, 1.807) is 7.11 Å². The van der Waals surface area contributed by atoms with Crippen LogP contribution in [0.1, 0.15) is 18.9 Å². The van der Waals surface area contributed by atoms with Gasteiger partial charge in [-0.25, -0.2) is 0 Å². The summed E-state index contributed by atoms with van der Waals surface area (Å²) >= 11 is 0. The molecule has 5 heteroatoms. The van der Waals surface area contributed by atoms with E-state index in [2.05, 4.69) is 5.32 Å². The molecule has 1 atom stereocenters. The van der Waals surface area contributed by atoms with Crippen molar-refractivity contribution in [2.24, 2.45) is 0 Å². The zero-order valence-corrected chi connectivity index (χ0v) is 12.1. The molecule has 0 saturated carbocycles. The molecule has 5 nitrogen and oxygen atoms in total. The molecule has 2 N–H and O–H groups in total. The summed E-state index contributed by atoms with van der Waals surface area (Å²) < 4.78 is 16.0. The Hall–Kier alpha value is -1.30. The predicted octanol–water partition coefficient (Wildman–Crippen LogP) is 1.33. The fourth-order valence-electron chi connectivity index (χ4n) is 2.27. The highest BCUT2D eigenvalue weighted by Crippen LogP contribution is 2.28. The van der Waals surface area contributed by atoms with Crippen molar-refractivity contribution in [1.82, 2.24) is 5.32 Å². The van der Waals surface area contributed by atoms with Crippen LogP contribution in [0.3, 0.4) is 0 Å². The van der Waals surface area contributed by atoms with Crippen molar-refractivity contribution in [1.29, 1.82) is 0 Å². The maximum Gasteiger partial charge on any atom is 0.161 e. The largest absolute Gasteiger partial charge is 0.493 e. The Labute approximate surface area is 119 Å². The molecule has 1 saturated heterocycles. The molecule has 1 heterocycles. The van der Waals surface area contributed by atoms with Crippen LogP contribution >= 0.6 is 0 Å². The van der Waals surface area contributed by atoms with Crippen LogP contribution in [0.4, 0.5) is 0 Å². The Kier molecular flexibility index (Phi) is 5.23. The van der Waals surface area contributed by atoms with E-state index < -0.39 is 5.60 Å². The SMILES string of the molecule is CCOc1ccc(CNCC2(O)CCOC2)cc1OC. The number of ether oxygens (including phenoxy) is 3. The summed E-state index contributed by atoms with van der Waals surface area (Å²) in [5.74, 6) is 1.48. The Morgan fingerprint density at radius 3 is 2.90 bits per heavy atom. The number of methoxy groups -OCH3 is 1. The molecule has 0 amide bonds. The van der Waals surface area contributed by atoms with E-state index in [1.807, 2.05) is 25.1 Å². The molecule has 2 rings (SSSR count). The van der Waals surface area contributed by atoms with Crippen molar-refractivity contribution in [2.45, 2.75) is 25.5 Å². The molecule has 1 aliphatic heterocycles. The van der Waals surface area contributed by atoms with Gasteiger partial charge in [0, 0.05) is 26.1 Å². The van der Waals surface area contributed by atoms with Gasteiger partial charge in [0.25, 0.3) is 0 Å². The van der Waals surface area contributed by atoms with Crippen LogP contribution in [0.15, 0.2) is 18.2 Å². The molecule has 1 unspecified atom stereocenters. The van der Waals surface area contributed by atoms with Crippen molar-refractivity contribution in [3.05, 3.63) is 23.8 Å². The monoisotopic (exact) mass is 281 g/mol. The number of benzene rings is 1. The van der Waals surface area contributed by atoms with Crippen LogP contribution in [-0.2, 0) is 11.3 Å². The average molecular weight is 281 g/mol. The second-order valence-corrected chi connectivity index (χ2v) is 5.05. The minimum atomic E-state index is -0.727. The van der Waals surface area contributed by atoms with Gasteiger partial charge in [-0.05, 0) is 24.6 Å². The molecule has 1 aromatic carbocycles. The molecule has 112 valence electrons. The minimum absolute atomic E-state index is 0.409. The van der Waals surface area contributed by atoms with E-state index in [0.29, 0.717) is 39.3 Å². The highest BCUT2D eigenvalue weighted by Gasteiger charge is 2.31. The van der Waals surface area contributed by atoms with E-state index in [1.165, 1.54) is 0 Å². The number of aliphatic hydroxyl groups is 1. The number of hydrogen-bond donors (Lipinski definition) is 2. The molecular weight excluding hydrogens is 258 g/mol. The van der Waals surface area contributed by atoms with Crippen molar-refractivity contribution >= 4 is 0 Å². The van der Waals surface area contributed by atoms with Gasteiger partial charge in [-0.3, -0.25) is 0 Å². The highest BCUT2D eigenvalue weighted by molar-refractivity contribution is 5.42. The first kappa shape index (κ1) is 15.1. The number of rotatable bonds is 7. The maximum atomic E-state index is 10.2. The normalized spacial score (nSPS) is 21.9. The van der Waals surface area contributed by atoms with Crippen molar-refractivity contribution < 1.29 is 19.3 Å². The quantitative estimate of drug-likeness (QED) is 0.789. The zero-order valence-electron chi connectivity index (χ0n) is 12.1.